The lowest BCUT2D eigenvalue weighted by Crippen LogP contribution is -2.42. The van der Waals surface area contributed by atoms with Crippen LogP contribution in [0.5, 0.6) is 0 Å². The Morgan fingerprint density at radius 2 is 2.06 bits per heavy atom. The number of rotatable bonds is 3. The SMILES string of the molecule is Cc1nnc2n1-c1sc3c(c1C(c1ccccc1Cl)=NC21CC1)C[C@H](C(=O)N[C@H]1COC[C@H]1C)C3. The van der Waals surface area contributed by atoms with Gasteiger partial charge in [-0.1, -0.05) is 36.7 Å². The summed E-state index contributed by atoms with van der Waals surface area (Å²) in [6, 6.07) is 8.01. The molecule has 2 aliphatic carbocycles. The van der Waals surface area contributed by atoms with Crippen LogP contribution in [0.4, 0.5) is 0 Å². The number of halogens is 1. The van der Waals surface area contributed by atoms with Crippen molar-refractivity contribution in [3.8, 4) is 5.00 Å². The Balaban J connectivity index is 1.34. The molecule has 0 bridgehead atoms. The number of ether oxygens (including phenoxy) is 1. The van der Waals surface area contributed by atoms with E-state index in [0.717, 1.165) is 52.8 Å². The minimum atomic E-state index is -0.352. The van der Waals surface area contributed by atoms with E-state index < -0.39 is 0 Å². The number of aromatic nitrogens is 3. The van der Waals surface area contributed by atoms with Gasteiger partial charge in [0.1, 0.15) is 16.4 Å². The molecule has 1 amide bonds. The molecule has 2 fully saturated rings. The molecule has 7 rings (SSSR count). The highest BCUT2D eigenvalue weighted by molar-refractivity contribution is 7.15. The molecule has 7 nitrogen and oxygen atoms in total. The Labute approximate surface area is 212 Å². The second-order valence-electron chi connectivity index (χ2n) is 10.3. The Morgan fingerprint density at radius 3 is 2.80 bits per heavy atom. The molecule has 3 aromatic rings. The van der Waals surface area contributed by atoms with E-state index in [1.165, 1.54) is 10.4 Å². The van der Waals surface area contributed by atoms with Crippen LogP contribution in [0.25, 0.3) is 5.00 Å². The average molecular weight is 508 g/mol. The van der Waals surface area contributed by atoms with Gasteiger partial charge in [0, 0.05) is 32.9 Å². The second-order valence-corrected chi connectivity index (χ2v) is 11.8. The third kappa shape index (κ3) is 3.26. The topological polar surface area (TPSA) is 81.4 Å². The van der Waals surface area contributed by atoms with Crippen molar-refractivity contribution in [1.29, 1.82) is 0 Å². The van der Waals surface area contributed by atoms with E-state index in [1.54, 1.807) is 11.3 Å². The highest BCUT2D eigenvalue weighted by atomic mass is 35.5. The molecule has 180 valence electrons. The summed E-state index contributed by atoms with van der Waals surface area (Å²) in [6.45, 7) is 5.43. The van der Waals surface area contributed by atoms with Crippen LogP contribution in [0.3, 0.4) is 0 Å². The number of hydrogen-bond acceptors (Lipinski definition) is 6. The van der Waals surface area contributed by atoms with E-state index in [2.05, 4.69) is 27.0 Å². The number of aryl methyl sites for hydroxylation is 1. The number of nitrogens with one attached hydrogen (secondary N) is 1. The molecule has 1 saturated carbocycles. The molecule has 3 atom stereocenters. The first-order valence-corrected chi connectivity index (χ1v) is 13.5. The number of nitrogens with zero attached hydrogens (tertiary/aromatic N) is 4. The number of carbonyl (C=O) groups excluding carboxylic acids is 1. The lowest BCUT2D eigenvalue weighted by atomic mass is 9.97. The smallest absolute Gasteiger partial charge is 0.224 e. The number of fused-ring (bicyclic) bond motifs is 6. The summed E-state index contributed by atoms with van der Waals surface area (Å²) in [4.78, 5) is 19.8. The minimum Gasteiger partial charge on any atom is -0.379 e. The van der Waals surface area contributed by atoms with E-state index in [-0.39, 0.29) is 23.4 Å². The maximum absolute atomic E-state index is 13.2. The first kappa shape index (κ1) is 21.7. The molecule has 4 heterocycles. The van der Waals surface area contributed by atoms with Gasteiger partial charge >= 0.3 is 0 Å². The molecule has 1 saturated heterocycles. The molecular weight excluding hydrogens is 482 g/mol. The van der Waals surface area contributed by atoms with E-state index in [1.807, 2.05) is 31.2 Å². The Bertz CT molecular complexity index is 1400. The van der Waals surface area contributed by atoms with Crippen LogP contribution in [-0.4, -0.2) is 45.6 Å². The molecule has 0 unspecified atom stereocenters. The summed E-state index contributed by atoms with van der Waals surface area (Å²) < 4.78 is 7.75. The predicted octanol–water partition coefficient (Wildman–Crippen LogP) is 4.00. The molecule has 2 aromatic heterocycles. The Hall–Kier alpha value is -2.55. The standard InChI is InChI=1S/C26H26ClN5O2S/c1-13-11-34-12-19(13)28-23(33)15-9-17-20(10-15)35-24-21(17)22(16-5-3-4-6-18(16)27)29-26(7-8-26)25-31-30-14(2)32(24)25/h3-6,13,15,19H,7-12H2,1-2H3,(H,28,33)/t13-,15+,19+/m1/s1. The Morgan fingerprint density at radius 1 is 1.23 bits per heavy atom. The number of aliphatic imine (C=N–C) groups is 1. The highest BCUT2D eigenvalue weighted by Gasteiger charge is 2.52. The molecule has 4 aliphatic rings. The van der Waals surface area contributed by atoms with Crippen LogP contribution in [0.2, 0.25) is 5.02 Å². The summed E-state index contributed by atoms with van der Waals surface area (Å²) in [7, 11) is 0. The van der Waals surface area contributed by atoms with Crippen molar-refractivity contribution in [1.82, 2.24) is 20.1 Å². The molecular formula is C26H26ClN5O2S. The number of carbonyl (C=O) groups is 1. The van der Waals surface area contributed by atoms with Crippen LogP contribution in [-0.2, 0) is 27.9 Å². The van der Waals surface area contributed by atoms with Gasteiger partial charge in [-0.05, 0) is 44.2 Å². The molecule has 35 heavy (non-hydrogen) atoms. The fraction of sp³-hybridized carbons (Fsp3) is 0.462. The van der Waals surface area contributed by atoms with E-state index >= 15 is 0 Å². The van der Waals surface area contributed by atoms with Crippen molar-refractivity contribution < 1.29 is 9.53 Å². The van der Waals surface area contributed by atoms with Gasteiger partial charge in [-0.2, -0.15) is 0 Å². The first-order chi connectivity index (χ1) is 16.9. The zero-order chi connectivity index (χ0) is 23.9. The van der Waals surface area contributed by atoms with E-state index in [4.69, 9.17) is 21.3 Å². The van der Waals surface area contributed by atoms with Gasteiger partial charge in [0.15, 0.2) is 5.82 Å². The van der Waals surface area contributed by atoms with E-state index in [9.17, 15) is 4.79 Å². The van der Waals surface area contributed by atoms with E-state index in [0.29, 0.717) is 30.6 Å². The molecule has 9 heteroatoms. The number of hydrogen-bond donors (Lipinski definition) is 1. The third-order valence-electron chi connectivity index (χ3n) is 7.88. The van der Waals surface area contributed by atoms with Gasteiger partial charge < -0.3 is 10.1 Å². The van der Waals surface area contributed by atoms with Gasteiger partial charge in [0.2, 0.25) is 5.91 Å². The predicted molar refractivity (Wildman–Crippen MR) is 135 cm³/mol. The second kappa shape index (κ2) is 7.72. The quantitative estimate of drug-likeness (QED) is 0.581. The zero-order valence-corrected chi connectivity index (χ0v) is 21.2. The fourth-order valence-electron chi connectivity index (χ4n) is 5.68. The highest BCUT2D eigenvalue weighted by Crippen LogP contribution is 2.54. The number of benzene rings is 1. The molecule has 1 N–H and O–H groups in total. The van der Waals surface area contributed by atoms with Crippen molar-refractivity contribution in [2.24, 2.45) is 16.8 Å². The van der Waals surface area contributed by atoms with Crippen LogP contribution >= 0.6 is 22.9 Å². The minimum absolute atomic E-state index is 0.0820. The van der Waals surface area contributed by atoms with Crippen LogP contribution in [0.15, 0.2) is 29.3 Å². The van der Waals surface area contributed by atoms with Crippen molar-refractivity contribution in [2.75, 3.05) is 13.2 Å². The largest absolute Gasteiger partial charge is 0.379 e. The fourth-order valence-corrected chi connectivity index (χ4v) is 7.37. The maximum Gasteiger partial charge on any atom is 0.224 e. The summed E-state index contributed by atoms with van der Waals surface area (Å²) >= 11 is 8.48. The summed E-state index contributed by atoms with van der Waals surface area (Å²) in [5.41, 5.74) is 3.82. The first-order valence-electron chi connectivity index (χ1n) is 12.3. The van der Waals surface area contributed by atoms with Crippen molar-refractivity contribution in [2.45, 2.75) is 51.1 Å². The van der Waals surface area contributed by atoms with Gasteiger partial charge in [-0.15, -0.1) is 21.5 Å². The normalized spacial score (nSPS) is 25.6. The van der Waals surface area contributed by atoms with Gasteiger partial charge in [0.25, 0.3) is 0 Å². The summed E-state index contributed by atoms with van der Waals surface area (Å²) in [5, 5.41) is 14.0. The lowest BCUT2D eigenvalue weighted by molar-refractivity contribution is -0.125. The van der Waals surface area contributed by atoms with Crippen molar-refractivity contribution in [3.05, 3.63) is 62.5 Å². The lowest BCUT2D eigenvalue weighted by Gasteiger charge is -2.18. The average Bonchev–Trinajstić information content (AvgIpc) is 3.12. The zero-order valence-electron chi connectivity index (χ0n) is 19.7. The van der Waals surface area contributed by atoms with Crippen molar-refractivity contribution >= 4 is 34.6 Å². The molecule has 1 aromatic carbocycles. The molecule has 0 radical (unpaired) electrons. The number of amides is 1. The third-order valence-corrected chi connectivity index (χ3v) is 9.45. The van der Waals surface area contributed by atoms with Crippen LogP contribution < -0.4 is 5.32 Å². The van der Waals surface area contributed by atoms with Crippen LogP contribution in [0.1, 0.15) is 53.0 Å². The monoisotopic (exact) mass is 507 g/mol. The van der Waals surface area contributed by atoms with Crippen LogP contribution in [0, 0.1) is 18.8 Å². The Kier molecular flexibility index (Phi) is 4.79. The van der Waals surface area contributed by atoms with Crippen molar-refractivity contribution in [3.63, 3.8) is 0 Å². The molecule has 1 spiro atoms. The van der Waals surface area contributed by atoms with Gasteiger partial charge in [-0.25, -0.2) is 0 Å². The van der Waals surface area contributed by atoms with Gasteiger partial charge in [0.05, 0.1) is 25.0 Å². The molecule has 2 aliphatic heterocycles. The summed E-state index contributed by atoms with van der Waals surface area (Å²) in [6.07, 6.45) is 3.33. The maximum atomic E-state index is 13.2. The summed E-state index contributed by atoms with van der Waals surface area (Å²) in [5.74, 6) is 2.17. The van der Waals surface area contributed by atoms with Gasteiger partial charge in [-0.3, -0.25) is 14.4 Å². The number of thiophene rings is 1.